The molecule has 210 valence electrons. The molecule has 0 saturated carbocycles. The van der Waals surface area contributed by atoms with E-state index < -0.39 is 75.6 Å². The molecular weight excluding hydrogens is 561 g/mol. The van der Waals surface area contributed by atoms with E-state index in [0.29, 0.717) is 0 Å². The largest absolute Gasteiger partial charge is 0.500 e. The molecule has 0 aliphatic heterocycles. The highest BCUT2D eigenvalue weighted by Crippen LogP contribution is 2.62. The van der Waals surface area contributed by atoms with E-state index in [1.54, 1.807) is 0 Å². The molecule has 0 unspecified atom stereocenters. The molecular formula is C14H15F15O5Si. The number of rotatable bonds is 13. The van der Waals surface area contributed by atoms with Gasteiger partial charge in [0, 0.05) is 27.4 Å². The lowest BCUT2D eigenvalue weighted by Gasteiger charge is -2.40. The number of hydrogen-bond acceptors (Lipinski definition) is 5. The number of esters is 1. The van der Waals surface area contributed by atoms with Gasteiger partial charge in [-0.05, 0) is 6.42 Å². The Morgan fingerprint density at radius 2 is 0.943 bits per heavy atom. The predicted molar refractivity (Wildman–Crippen MR) is 82.9 cm³/mol. The van der Waals surface area contributed by atoms with E-state index in [9.17, 15) is 70.7 Å². The Hall–Kier alpha value is -1.48. The number of alkyl halides is 15. The van der Waals surface area contributed by atoms with Gasteiger partial charge in [-0.1, -0.05) is 0 Å². The first-order chi connectivity index (χ1) is 15.3. The molecule has 0 aromatic carbocycles. The Bertz CT molecular complexity index is 728. The van der Waals surface area contributed by atoms with Crippen LogP contribution in [0.25, 0.3) is 0 Å². The highest BCUT2D eigenvalue weighted by Gasteiger charge is 2.94. The standard InChI is InChI=1S/C14H15F15O5Si/c1-31-35(32-2,33-3)6-4-5-34-7(30)8(15,16)9(17,18)10(19,20)11(21,22)12(23,24)13(25,26)14(27,28)29/h4-6H2,1-3H3. The van der Waals surface area contributed by atoms with E-state index in [0.717, 1.165) is 21.3 Å². The molecule has 0 aromatic rings. The van der Waals surface area contributed by atoms with Gasteiger partial charge in [0.15, 0.2) is 0 Å². The topological polar surface area (TPSA) is 54.0 Å². The summed E-state index contributed by atoms with van der Waals surface area (Å²) in [6.07, 6.45) is -8.34. The maximum Gasteiger partial charge on any atom is 0.500 e. The van der Waals surface area contributed by atoms with Crippen LogP contribution in [0, 0.1) is 0 Å². The SMILES string of the molecule is CO[Si](CCCOC(=O)C(F)(F)C(F)(F)C(F)(F)C(F)(F)C(F)(F)C(F)(F)C(F)(F)F)(OC)OC. The normalized spacial score (nSPS) is 15.4. The van der Waals surface area contributed by atoms with Gasteiger partial charge in [0.2, 0.25) is 0 Å². The van der Waals surface area contributed by atoms with Gasteiger partial charge in [-0.3, -0.25) is 0 Å². The molecule has 0 saturated heterocycles. The average molecular weight is 576 g/mol. The first kappa shape index (κ1) is 33.5. The molecule has 21 heteroatoms. The van der Waals surface area contributed by atoms with Crippen molar-refractivity contribution in [1.82, 2.24) is 0 Å². The van der Waals surface area contributed by atoms with Crippen molar-refractivity contribution in [3.05, 3.63) is 0 Å². The minimum absolute atomic E-state index is 0.390. The minimum atomic E-state index is -8.48. The summed E-state index contributed by atoms with van der Waals surface area (Å²) in [5.41, 5.74) is 0. The zero-order valence-electron chi connectivity index (χ0n) is 17.3. The lowest BCUT2D eigenvalue weighted by molar-refractivity contribution is -0.450. The molecule has 0 spiro atoms. The summed E-state index contributed by atoms with van der Waals surface area (Å²) in [6, 6.07) is -0.390. The van der Waals surface area contributed by atoms with Crippen LogP contribution in [0.4, 0.5) is 65.9 Å². The van der Waals surface area contributed by atoms with Crippen LogP contribution < -0.4 is 0 Å². The lowest BCUT2D eigenvalue weighted by atomic mass is 9.91. The van der Waals surface area contributed by atoms with Gasteiger partial charge in [0.25, 0.3) is 0 Å². The molecule has 0 amide bonds. The van der Waals surface area contributed by atoms with Crippen LogP contribution in [-0.2, 0) is 22.8 Å². The zero-order chi connectivity index (χ0) is 28.5. The summed E-state index contributed by atoms with van der Waals surface area (Å²) < 4.78 is 214. The Morgan fingerprint density at radius 3 is 1.29 bits per heavy atom. The van der Waals surface area contributed by atoms with Gasteiger partial charge < -0.3 is 18.0 Å². The third-order valence-corrected chi connectivity index (χ3v) is 7.21. The van der Waals surface area contributed by atoms with Gasteiger partial charge >= 0.3 is 56.5 Å². The van der Waals surface area contributed by atoms with Crippen LogP contribution in [0.5, 0.6) is 0 Å². The van der Waals surface area contributed by atoms with E-state index in [4.69, 9.17) is 13.3 Å². The average Bonchev–Trinajstić information content (AvgIpc) is 2.72. The fraction of sp³-hybridized carbons (Fsp3) is 0.929. The first-order valence-electron chi connectivity index (χ1n) is 8.47. The van der Waals surface area contributed by atoms with Gasteiger partial charge in [-0.25, -0.2) is 4.79 Å². The van der Waals surface area contributed by atoms with Crippen LogP contribution in [-0.4, -0.2) is 84.4 Å². The van der Waals surface area contributed by atoms with Gasteiger partial charge in [0.05, 0.1) is 6.61 Å². The van der Waals surface area contributed by atoms with E-state index in [1.807, 2.05) is 0 Å². The summed E-state index contributed by atoms with van der Waals surface area (Å²) in [4.78, 5) is 11.2. The molecule has 0 atom stereocenters. The number of hydrogen-bond donors (Lipinski definition) is 0. The van der Waals surface area contributed by atoms with Crippen molar-refractivity contribution < 1.29 is 88.7 Å². The lowest BCUT2D eigenvalue weighted by Crippen LogP contribution is -2.73. The molecule has 5 nitrogen and oxygen atoms in total. The number of ether oxygens (including phenoxy) is 1. The Kier molecular flexibility index (Phi) is 9.68. The molecule has 0 aliphatic rings. The molecule has 35 heavy (non-hydrogen) atoms. The predicted octanol–water partition coefficient (Wildman–Crippen LogP) is 5.17. The molecule has 0 fully saturated rings. The smallest absolute Gasteiger partial charge is 0.461 e. The number of halogens is 15. The summed E-state index contributed by atoms with van der Waals surface area (Å²) >= 11 is 0. The highest BCUT2D eigenvalue weighted by atomic mass is 28.4. The number of carbonyl (C=O) groups excluding carboxylic acids is 1. The van der Waals surface area contributed by atoms with Crippen molar-refractivity contribution in [3.8, 4) is 0 Å². The second kappa shape index (κ2) is 10.1. The Balaban J connectivity index is 5.96. The number of carbonyl (C=O) groups is 1. The van der Waals surface area contributed by atoms with Crippen LogP contribution in [0.1, 0.15) is 6.42 Å². The summed E-state index contributed by atoms with van der Waals surface area (Å²) in [6.45, 7) is -1.35. The summed E-state index contributed by atoms with van der Waals surface area (Å²) in [7, 11) is -0.348. The maximum atomic E-state index is 13.6. The third kappa shape index (κ3) is 5.31. The minimum Gasteiger partial charge on any atom is -0.461 e. The molecule has 0 rings (SSSR count). The third-order valence-electron chi connectivity index (χ3n) is 4.38. The van der Waals surface area contributed by atoms with E-state index >= 15 is 0 Å². The van der Waals surface area contributed by atoms with E-state index in [2.05, 4.69) is 4.74 Å². The molecule has 0 aromatic heterocycles. The highest BCUT2D eigenvalue weighted by molar-refractivity contribution is 6.60. The monoisotopic (exact) mass is 576 g/mol. The van der Waals surface area contributed by atoms with Gasteiger partial charge in [-0.15, -0.1) is 0 Å². The fourth-order valence-electron chi connectivity index (χ4n) is 2.20. The van der Waals surface area contributed by atoms with Crippen LogP contribution in [0.15, 0.2) is 0 Å². The van der Waals surface area contributed by atoms with Crippen molar-refractivity contribution in [3.63, 3.8) is 0 Å². The second-order valence-corrected chi connectivity index (χ2v) is 9.57. The van der Waals surface area contributed by atoms with Crippen molar-refractivity contribution in [2.24, 2.45) is 0 Å². The molecule has 0 bridgehead atoms. The fourth-order valence-corrected chi connectivity index (χ4v) is 3.88. The Morgan fingerprint density at radius 1 is 0.600 bits per heavy atom. The van der Waals surface area contributed by atoms with Crippen molar-refractivity contribution >= 4 is 14.8 Å². The Labute approximate surface area is 186 Å². The quantitative estimate of drug-likeness (QED) is 0.131. The van der Waals surface area contributed by atoms with Crippen LogP contribution in [0.2, 0.25) is 6.04 Å². The summed E-state index contributed by atoms with van der Waals surface area (Å²) in [5.74, 6) is -52.1. The molecule has 0 N–H and O–H groups in total. The maximum absolute atomic E-state index is 13.6. The van der Waals surface area contributed by atoms with E-state index in [1.165, 1.54) is 0 Å². The van der Waals surface area contributed by atoms with Gasteiger partial charge in [0.1, 0.15) is 0 Å². The molecule has 0 aliphatic carbocycles. The van der Waals surface area contributed by atoms with Crippen molar-refractivity contribution in [2.45, 2.75) is 54.2 Å². The molecule has 0 radical (unpaired) electrons. The second-order valence-electron chi connectivity index (χ2n) is 6.48. The first-order valence-corrected chi connectivity index (χ1v) is 10.4. The van der Waals surface area contributed by atoms with Crippen molar-refractivity contribution in [2.75, 3.05) is 27.9 Å². The van der Waals surface area contributed by atoms with E-state index in [-0.39, 0.29) is 0 Å². The van der Waals surface area contributed by atoms with Crippen molar-refractivity contribution in [1.29, 1.82) is 0 Å². The van der Waals surface area contributed by atoms with Crippen LogP contribution in [0.3, 0.4) is 0 Å². The summed E-state index contributed by atoms with van der Waals surface area (Å²) in [5, 5.41) is 0. The zero-order valence-corrected chi connectivity index (χ0v) is 18.3. The molecule has 0 heterocycles. The van der Waals surface area contributed by atoms with Crippen LogP contribution >= 0.6 is 0 Å². The van der Waals surface area contributed by atoms with Gasteiger partial charge in [-0.2, -0.15) is 65.9 Å².